The molecular weight excluding hydrogens is 188 g/mol. The van der Waals surface area contributed by atoms with E-state index >= 15 is 0 Å². The third-order valence-corrected chi connectivity index (χ3v) is 3.73. The molecule has 13 heavy (non-hydrogen) atoms. The van der Waals surface area contributed by atoms with Crippen molar-refractivity contribution in [2.45, 2.75) is 24.6 Å². The van der Waals surface area contributed by atoms with E-state index < -0.39 is 0 Å². The summed E-state index contributed by atoms with van der Waals surface area (Å²) in [4.78, 5) is 0. The average Bonchev–Trinajstić information content (AvgIpc) is 2.46. The minimum Gasteiger partial charge on any atom is -0.390 e. The van der Waals surface area contributed by atoms with Crippen LogP contribution >= 0.6 is 11.8 Å². The zero-order chi connectivity index (χ0) is 9.47. The van der Waals surface area contributed by atoms with Crippen LogP contribution in [-0.4, -0.2) is 26.7 Å². The molecule has 1 saturated heterocycles. The quantitative estimate of drug-likeness (QED) is 0.740. The second-order valence-corrected chi connectivity index (χ2v) is 5.23. The fraction of sp³-hybridized carbons (Fsp3) is 0.714. The third kappa shape index (κ3) is 1.58. The highest BCUT2D eigenvalue weighted by Crippen LogP contribution is 2.41. The molecule has 1 aromatic heterocycles. The minimum absolute atomic E-state index is 0.104. The van der Waals surface area contributed by atoms with E-state index in [9.17, 15) is 0 Å². The lowest BCUT2D eigenvalue weighted by Gasteiger charge is -2.43. The van der Waals surface area contributed by atoms with Gasteiger partial charge in [0.1, 0.15) is 0 Å². The number of anilines is 2. The number of aromatic nitrogens is 2. The van der Waals surface area contributed by atoms with E-state index in [0.717, 1.165) is 5.75 Å². The van der Waals surface area contributed by atoms with Gasteiger partial charge in [0.25, 0.3) is 0 Å². The maximum Gasteiger partial charge on any atom is 0.317 e. The lowest BCUT2D eigenvalue weighted by atomic mass is 10.0. The Bertz CT molecular complexity index is 311. The molecule has 1 aliphatic heterocycles. The predicted octanol–water partition coefficient (Wildman–Crippen LogP) is 0.958. The molecule has 0 aromatic carbocycles. The fourth-order valence-corrected chi connectivity index (χ4v) is 2.30. The molecule has 1 fully saturated rings. The fourth-order valence-electron chi connectivity index (χ4n) is 1.16. The lowest BCUT2D eigenvalue weighted by Crippen LogP contribution is -2.50. The SMILES string of the molecule is CC1(C)SCC1Nc1nnc(N)o1. The van der Waals surface area contributed by atoms with Crippen LogP contribution in [0.1, 0.15) is 13.8 Å². The second-order valence-electron chi connectivity index (χ2n) is 3.56. The molecule has 0 aliphatic carbocycles. The first-order valence-electron chi connectivity index (χ1n) is 4.07. The van der Waals surface area contributed by atoms with Gasteiger partial charge in [-0.05, 0) is 13.8 Å². The summed E-state index contributed by atoms with van der Waals surface area (Å²) >= 11 is 1.91. The van der Waals surface area contributed by atoms with Crippen LogP contribution in [0.5, 0.6) is 0 Å². The smallest absolute Gasteiger partial charge is 0.317 e. The Kier molecular flexibility index (Phi) is 1.87. The molecule has 0 bridgehead atoms. The molecule has 3 N–H and O–H groups in total. The van der Waals surface area contributed by atoms with Crippen LogP contribution in [0.25, 0.3) is 0 Å². The van der Waals surface area contributed by atoms with Crippen molar-refractivity contribution in [3.05, 3.63) is 0 Å². The van der Waals surface area contributed by atoms with Crippen molar-refractivity contribution >= 4 is 23.8 Å². The van der Waals surface area contributed by atoms with Gasteiger partial charge in [-0.3, -0.25) is 0 Å². The predicted molar refractivity (Wildman–Crippen MR) is 52.7 cm³/mol. The summed E-state index contributed by atoms with van der Waals surface area (Å²) in [5, 5.41) is 10.5. The lowest BCUT2D eigenvalue weighted by molar-refractivity contribution is 0.529. The minimum atomic E-state index is 0.104. The van der Waals surface area contributed by atoms with Crippen LogP contribution in [0.4, 0.5) is 12.0 Å². The highest BCUT2D eigenvalue weighted by Gasteiger charge is 2.40. The maximum absolute atomic E-state index is 5.30. The highest BCUT2D eigenvalue weighted by atomic mass is 32.2. The van der Waals surface area contributed by atoms with E-state index in [1.807, 2.05) is 11.8 Å². The standard InChI is InChI=1S/C7H12N4OS/c1-7(2)4(3-13-7)9-6-11-10-5(8)12-6/h4H,3H2,1-2H3,(H2,8,10)(H,9,11). The summed E-state index contributed by atoms with van der Waals surface area (Å²) in [6.07, 6.45) is 0. The first-order chi connectivity index (χ1) is 6.08. The summed E-state index contributed by atoms with van der Waals surface area (Å²) in [7, 11) is 0. The van der Waals surface area contributed by atoms with Gasteiger partial charge in [0, 0.05) is 10.5 Å². The number of hydrogen-bond donors (Lipinski definition) is 2. The van der Waals surface area contributed by atoms with Crippen molar-refractivity contribution in [2.75, 3.05) is 16.8 Å². The van der Waals surface area contributed by atoms with Crippen molar-refractivity contribution in [3.63, 3.8) is 0 Å². The molecule has 0 spiro atoms. The van der Waals surface area contributed by atoms with Crippen LogP contribution in [0, 0.1) is 0 Å². The second kappa shape index (κ2) is 2.80. The summed E-state index contributed by atoms with van der Waals surface area (Å²) in [5.74, 6) is 1.06. The molecule has 2 rings (SSSR count). The van der Waals surface area contributed by atoms with Gasteiger partial charge in [0.05, 0.1) is 6.04 Å². The molecule has 72 valence electrons. The summed E-state index contributed by atoms with van der Waals surface area (Å²) in [5.41, 5.74) is 5.30. The van der Waals surface area contributed by atoms with Crippen LogP contribution in [-0.2, 0) is 0 Å². The van der Waals surface area contributed by atoms with Crippen molar-refractivity contribution in [3.8, 4) is 0 Å². The Balaban J connectivity index is 1.99. The molecule has 5 nitrogen and oxygen atoms in total. The summed E-state index contributed by atoms with van der Waals surface area (Å²) in [6, 6.07) is 0.903. The van der Waals surface area contributed by atoms with Gasteiger partial charge in [-0.1, -0.05) is 10.2 Å². The zero-order valence-corrected chi connectivity index (χ0v) is 8.39. The number of thioether (sulfide) groups is 1. The third-order valence-electron chi connectivity index (χ3n) is 2.20. The summed E-state index contributed by atoms with van der Waals surface area (Å²) in [6.45, 7) is 4.36. The van der Waals surface area contributed by atoms with Crippen molar-refractivity contribution in [2.24, 2.45) is 0 Å². The molecule has 0 amide bonds. The molecule has 1 atom stereocenters. The van der Waals surface area contributed by atoms with Crippen molar-refractivity contribution in [1.29, 1.82) is 0 Å². The zero-order valence-electron chi connectivity index (χ0n) is 7.57. The molecule has 0 radical (unpaired) electrons. The number of nitrogens with one attached hydrogen (secondary N) is 1. The molecule has 1 aliphatic rings. The van der Waals surface area contributed by atoms with E-state index in [-0.39, 0.29) is 10.8 Å². The Labute approximate surface area is 80.5 Å². The molecule has 1 unspecified atom stereocenters. The Hall–Kier alpha value is -0.910. The van der Waals surface area contributed by atoms with Crippen molar-refractivity contribution in [1.82, 2.24) is 10.2 Å². The van der Waals surface area contributed by atoms with Gasteiger partial charge in [-0.2, -0.15) is 11.8 Å². The molecule has 0 saturated carbocycles. The first kappa shape index (κ1) is 8.68. The average molecular weight is 200 g/mol. The largest absolute Gasteiger partial charge is 0.390 e. The van der Waals surface area contributed by atoms with E-state index in [4.69, 9.17) is 10.2 Å². The van der Waals surface area contributed by atoms with Crippen LogP contribution < -0.4 is 11.1 Å². The van der Waals surface area contributed by atoms with Crippen LogP contribution in [0.15, 0.2) is 4.42 Å². The Morgan fingerprint density at radius 2 is 2.38 bits per heavy atom. The van der Waals surface area contributed by atoms with Gasteiger partial charge in [0.2, 0.25) is 0 Å². The van der Waals surface area contributed by atoms with Gasteiger partial charge in [0.15, 0.2) is 0 Å². The number of nitrogens with two attached hydrogens (primary N) is 1. The van der Waals surface area contributed by atoms with E-state index in [2.05, 4.69) is 29.4 Å². The maximum atomic E-state index is 5.30. The molecule has 1 aromatic rings. The number of rotatable bonds is 2. The van der Waals surface area contributed by atoms with Crippen molar-refractivity contribution < 1.29 is 4.42 Å². The van der Waals surface area contributed by atoms with Gasteiger partial charge in [-0.15, -0.1) is 0 Å². The molecule has 2 heterocycles. The molecular formula is C7H12N4OS. The summed E-state index contributed by atoms with van der Waals surface area (Å²) < 4.78 is 5.26. The van der Waals surface area contributed by atoms with Crippen LogP contribution in [0.3, 0.4) is 0 Å². The normalized spacial score (nSPS) is 25.2. The Morgan fingerprint density at radius 1 is 1.62 bits per heavy atom. The monoisotopic (exact) mass is 200 g/mol. The van der Waals surface area contributed by atoms with Gasteiger partial charge >= 0.3 is 12.0 Å². The Morgan fingerprint density at radius 3 is 2.77 bits per heavy atom. The molecule has 6 heteroatoms. The van der Waals surface area contributed by atoms with Gasteiger partial charge in [-0.25, -0.2) is 0 Å². The number of nitrogens with zero attached hydrogens (tertiary/aromatic N) is 2. The van der Waals surface area contributed by atoms with E-state index in [1.54, 1.807) is 0 Å². The highest BCUT2D eigenvalue weighted by molar-refractivity contribution is 8.02. The topological polar surface area (TPSA) is 77.0 Å². The number of hydrogen-bond acceptors (Lipinski definition) is 6. The van der Waals surface area contributed by atoms with Gasteiger partial charge < -0.3 is 15.5 Å². The first-order valence-corrected chi connectivity index (χ1v) is 5.06. The van der Waals surface area contributed by atoms with E-state index in [1.165, 1.54) is 0 Å². The van der Waals surface area contributed by atoms with E-state index in [0.29, 0.717) is 12.1 Å². The number of nitrogen functional groups attached to an aromatic ring is 1. The van der Waals surface area contributed by atoms with Crippen LogP contribution in [0.2, 0.25) is 0 Å².